The molecule has 0 bridgehead atoms. The second-order valence-electron chi connectivity index (χ2n) is 5.56. The molecule has 1 N–H and O–H groups in total. The minimum atomic E-state index is -0.0263. The first-order chi connectivity index (χ1) is 10.3. The van der Waals surface area contributed by atoms with Crippen molar-refractivity contribution in [1.82, 2.24) is 10.2 Å². The van der Waals surface area contributed by atoms with E-state index in [1.54, 1.807) is 0 Å². The van der Waals surface area contributed by atoms with Crippen LogP contribution in [0.3, 0.4) is 0 Å². The number of hydrogen-bond acceptors (Lipinski definition) is 3. The summed E-state index contributed by atoms with van der Waals surface area (Å²) in [6.45, 7) is 5.18. The predicted molar refractivity (Wildman–Crippen MR) is 78.9 cm³/mol. The number of fused-ring (bicyclic) bond motifs is 1. The van der Waals surface area contributed by atoms with Crippen LogP contribution in [-0.2, 0) is 16.0 Å². The molecule has 0 aromatic heterocycles. The lowest BCUT2D eigenvalue weighted by atomic mass is 10.0. The molecule has 2 aliphatic rings. The molecule has 0 radical (unpaired) electrons. The van der Waals surface area contributed by atoms with Crippen LogP contribution in [0.2, 0.25) is 0 Å². The van der Waals surface area contributed by atoms with Gasteiger partial charge in [-0.25, -0.2) is 4.79 Å². The molecule has 0 saturated carbocycles. The summed E-state index contributed by atoms with van der Waals surface area (Å²) in [4.78, 5) is 14.3. The highest BCUT2D eigenvalue weighted by Gasteiger charge is 2.47. The molecule has 5 heteroatoms. The van der Waals surface area contributed by atoms with Crippen molar-refractivity contribution in [3.63, 3.8) is 0 Å². The topological polar surface area (TPSA) is 50.8 Å². The van der Waals surface area contributed by atoms with E-state index in [-0.39, 0.29) is 18.2 Å². The molecule has 0 spiro atoms. The fourth-order valence-corrected chi connectivity index (χ4v) is 3.20. The molecule has 0 unspecified atom stereocenters. The third-order valence-electron chi connectivity index (χ3n) is 4.28. The molecule has 21 heavy (non-hydrogen) atoms. The minimum absolute atomic E-state index is 0.0263. The first kappa shape index (κ1) is 14.4. The normalized spacial score (nSPS) is 27.7. The second kappa shape index (κ2) is 6.45. The average molecular weight is 290 g/mol. The smallest absolute Gasteiger partial charge is 0.318 e. The van der Waals surface area contributed by atoms with Crippen LogP contribution >= 0.6 is 0 Å². The molecule has 114 valence electrons. The Labute approximate surface area is 125 Å². The summed E-state index contributed by atoms with van der Waals surface area (Å²) in [7, 11) is 0. The van der Waals surface area contributed by atoms with E-state index in [4.69, 9.17) is 9.47 Å². The van der Waals surface area contributed by atoms with E-state index in [1.165, 1.54) is 0 Å². The lowest BCUT2D eigenvalue weighted by Crippen LogP contribution is -2.44. The first-order valence-electron chi connectivity index (χ1n) is 7.57. The van der Waals surface area contributed by atoms with E-state index in [2.05, 4.69) is 5.32 Å². The molecule has 2 heterocycles. The minimum Gasteiger partial charge on any atom is -0.379 e. The Hall–Kier alpha value is -1.59. The summed E-state index contributed by atoms with van der Waals surface area (Å²) in [6, 6.07) is 10.1. The van der Waals surface area contributed by atoms with Crippen LogP contribution in [0, 0.1) is 5.92 Å². The molecule has 2 fully saturated rings. The molecule has 3 rings (SSSR count). The molecule has 2 saturated heterocycles. The van der Waals surface area contributed by atoms with E-state index < -0.39 is 0 Å². The Bertz CT molecular complexity index is 480. The fraction of sp³-hybridized carbons (Fsp3) is 0.562. The van der Waals surface area contributed by atoms with E-state index in [9.17, 15) is 4.79 Å². The third-order valence-corrected chi connectivity index (χ3v) is 4.28. The largest absolute Gasteiger partial charge is 0.379 e. The van der Waals surface area contributed by atoms with Crippen molar-refractivity contribution >= 4 is 6.03 Å². The van der Waals surface area contributed by atoms with Gasteiger partial charge in [0.05, 0.1) is 25.4 Å². The molecule has 3 atom stereocenters. The van der Waals surface area contributed by atoms with Crippen molar-refractivity contribution in [1.29, 1.82) is 0 Å². The van der Waals surface area contributed by atoms with Gasteiger partial charge in [0.1, 0.15) is 0 Å². The van der Waals surface area contributed by atoms with Crippen molar-refractivity contribution in [2.24, 2.45) is 5.92 Å². The van der Waals surface area contributed by atoms with E-state index >= 15 is 0 Å². The molecule has 0 aliphatic carbocycles. The van der Waals surface area contributed by atoms with Gasteiger partial charge < -0.3 is 19.7 Å². The van der Waals surface area contributed by atoms with Crippen LogP contribution in [-0.4, -0.2) is 49.4 Å². The number of urea groups is 1. The van der Waals surface area contributed by atoms with Crippen LogP contribution in [0.15, 0.2) is 30.3 Å². The first-order valence-corrected chi connectivity index (χ1v) is 7.57. The van der Waals surface area contributed by atoms with Gasteiger partial charge in [-0.1, -0.05) is 30.3 Å². The lowest BCUT2D eigenvalue weighted by Gasteiger charge is -2.22. The maximum absolute atomic E-state index is 12.4. The van der Waals surface area contributed by atoms with Gasteiger partial charge in [-0.3, -0.25) is 0 Å². The van der Waals surface area contributed by atoms with Crippen molar-refractivity contribution < 1.29 is 14.3 Å². The molecule has 2 aliphatic heterocycles. The summed E-state index contributed by atoms with van der Waals surface area (Å²) in [5.41, 5.74) is 1.10. The van der Waals surface area contributed by atoms with E-state index in [1.807, 2.05) is 42.2 Å². The monoisotopic (exact) mass is 290 g/mol. The fourth-order valence-electron chi connectivity index (χ4n) is 3.20. The van der Waals surface area contributed by atoms with Crippen LogP contribution in [0.25, 0.3) is 0 Å². The molecule has 5 nitrogen and oxygen atoms in total. The Balaban J connectivity index is 1.59. The number of nitrogens with one attached hydrogen (secondary N) is 1. The predicted octanol–water partition coefficient (Wildman–Crippen LogP) is 1.63. The van der Waals surface area contributed by atoms with Gasteiger partial charge in [-0.15, -0.1) is 0 Å². The van der Waals surface area contributed by atoms with Gasteiger partial charge in [-0.2, -0.15) is 0 Å². The molecule has 1 aromatic rings. The third kappa shape index (κ3) is 3.04. The van der Waals surface area contributed by atoms with E-state index in [0.717, 1.165) is 5.56 Å². The van der Waals surface area contributed by atoms with Crippen molar-refractivity contribution in [3.05, 3.63) is 35.9 Å². The Morgan fingerprint density at radius 2 is 2.19 bits per heavy atom. The molecular formula is C16H22N2O3. The summed E-state index contributed by atoms with van der Waals surface area (Å²) in [5, 5.41) is 2.99. The van der Waals surface area contributed by atoms with Crippen molar-refractivity contribution in [2.75, 3.05) is 26.4 Å². The summed E-state index contributed by atoms with van der Waals surface area (Å²) in [5.74, 6) is 0.312. The van der Waals surface area contributed by atoms with Gasteiger partial charge in [-0.05, 0) is 12.5 Å². The number of likely N-dealkylation sites (tertiary alicyclic amines) is 1. The summed E-state index contributed by atoms with van der Waals surface area (Å²) in [6.07, 6.45) is 0.102. The van der Waals surface area contributed by atoms with E-state index in [0.29, 0.717) is 38.8 Å². The zero-order valence-corrected chi connectivity index (χ0v) is 12.3. The number of carbonyl (C=O) groups is 1. The van der Waals surface area contributed by atoms with Gasteiger partial charge in [0.15, 0.2) is 0 Å². The van der Waals surface area contributed by atoms with Crippen molar-refractivity contribution in [2.45, 2.75) is 25.6 Å². The van der Waals surface area contributed by atoms with Crippen LogP contribution < -0.4 is 5.32 Å². The Morgan fingerprint density at radius 1 is 1.38 bits per heavy atom. The number of amides is 2. The number of rotatable bonds is 4. The van der Waals surface area contributed by atoms with Crippen molar-refractivity contribution in [3.8, 4) is 0 Å². The number of benzene rings is 1. The maximum atomic E-state index is 12.4. The number of hydrogen-bond donors (Lipinski definition) is 1. The Morgan fingerprint density at radius 3 is 2.95 bits per heavy atom. The molecule has 2 amide bonds. The standard InChI is InChI=1S/C16H22N2O3/c1-2-21-15-9-18(14-11-20-10-13(14)15)16(19)17-8-12-6-4-3-5-7-12/h3-7,13-15H,2,8-11H2,1H3,(H,17,19)/t13-,14+,15+/m1/s1. The SMILES string of the molecule is CCO[C@H]1CN(C(=O)NCc2ccccc2)[C@H]2COC[C@@H]12. The number of nitrogens with zero attached hydrogens (tertiary/aromatic N) is 1. The lowest BCUT2D eigenvalue weighted by molar-refractivity contribution is 0.0288. The quantitative estimate of drug-likeness (QED) is 0.917. The molecular weight excluding hydrogens is 268 g/mol. The highest BCUT2D eigenvalue weighted by Crippen LogP contribution is 2.32. The van der Waals surface area contributed by atoms with Gasteiger partial charge in [0.25, 0.3) is 0 Å². The Kier molecular flexibility index (Phi) is 4.41. The highest BCUT2D eigenvalue weighted by molar-refractivity contribution is 5.75. The molecule has 1 aromatic carbocycles. The highest BCUT2D eigenvalue weighted by atomic mass is 16.5. The summed E-state index contributed by atoms with van der Waals surface area (Å²) < 4.78 is 11.3. The van der Waals surface area contributed by atoms with Gasteiger partial charge in [0, 0.05) is 25.6 Å². The van der Waals surface area contributed by atoms with Crippen LogP contribution in [0.4, 0.5) is 4.79 Å². The van der Waals surface area contributed by atoms with Gasteiger partial charge >= 0.3 is 6.03 Å². The van der Waals surface area contributed by atoms with Crippen LogP contribution in [0.1, 0.15) is 12.5 Å². The van der Waals surface area contributed by atoms with Gasteiger partial charge in [0.2, 0.25) is 0 Å². The zero-order valence-electron chi connectivity index (χ0n) is 12.3. The zero-order chi connectivity index (χ0) is 14.7. The second-order valence-corrected chi connectivity index (χ2v) is 5.56. The summed E-state index contributed by atoms with van der Waals surface area (Å²) >= 11 is 0. The number of ether oxygens (including phenoxy) is 2. The average Bonchev–Trinajstić information content (AvgIpc) is 3.10. The number of carbonyl (C=O) groups excluding carboxylic acids is 1. The maximum Gasteiger partial charge on any atom is 0.318 e. The van der Waals surface area contributed by atoms with Crippen LogP contribution in [0.5, 0.6) is 0 Å².